The topological polar surface area (TPSA) is 103 Å². The van der Waals surface area contributed by atoms with E-state index in [4.69, 9.17) is 14.9 Å². The van der Waals surface area contributed by atoms with E-state index in [1.165, 1.54) is 19.2 Å². The van der Waals surface area contributed by atoms with Gasteiger partial charge < -0.3 is 20.2 Å². The summed E-state index contributed by atoms with van der Waals surface area (Å²) in [4.78, 5) is 21.4. The van der Waals surface area contributed by atoms with Gasteiger partial charge in [-0.15, -0.1) is 0 Å². The molecular formula is C28H23F3N4O3. The minimum Gasteiger partial charge on any atom is -0.494 e. The molecule has 0 aliphatic rings. The van der Waals surface area contributed by atoms with Gasteiger partial charge in [0.2, 0.25) is 5.89 Å². The molecule has 7 nitrogen and oxygen atoms in total. The lowest BCUT2D eigenvalue weighted by molar-refractivity contribution is -0.140. The van der Waals surface area contributed by atoms with Crippen molar-refractivity contribution in [3.63, 3.8) is 0 Å². The maximum absolute atomic E-state index is 13.3. The van der Waals surface area contributed by atoms with E-state index in [9.17, 15) is 18.0 Å². The number of benzene rings is 3. The molecule has 3 N–H and O–H groups in total. The standard InChI is InChI=1S/C28H23F3N4O3/c1-15(17-9-5-7-16-6-3-4-8-18(16)17)33-26(36)25-22(14-32)38-27(35-25)20-10-12-21(37-2)24-19(20)11-13-23(34-24)28(29,30)31/h3-13,15H,14,32H2,1-2H3,(H,33,36)/t15-/m0/s1. The highest BCUT2D eigenvalue weighted by Crippen LogP contribution is 2.37. The second-order valence-corrected chi connectivity index (χ2v) is 8.66. The Morgan fingerprint density at radius 1 is 1.03 bits per heavy atom. The Hall–Kier alpha value is -4.44. The molecule has 0 aliphatic heterocycles. The molecule has 194 valence electrons. The van der Waals surface area contributed by atoms with Crippen LogP contribution in [-0.4, -0.2) is 23.0 Å². The number of halogens is 3. The van der Waals surface area contributed by atoms with Crippen LogP contribution in [0.5, 0.6) is 5.75 Å². The van der Waals surface area contributed by atoms with Crippen LogP contribution in [0.3, 0.4) is 0 Å². The second-order valence-electron chi connectivity index (χ2n) is 8.66. The third kappa shape index (κ3) is 4.54. The van der Waals surface area contributed by atoms with Crippen LogP contribution in [0.15, 0.2) is 71.1 Å². The number of nitrogens with zero attached hydrogens (tertiary/aromatic N) is 2. The number of carbonyl (C=O) groups excluding carboxylic acids is 1. The molecular weight excluding hydrogens is 497 g/mol. The number of ether oxygens (including phenoxy) is 1. The van der Waals surface area contributed by atoms with Crippen LogP contribution < -0.4 is 15.8 Å². The van der Waals surface area contributed by atoms with E-state index < -0.39 is 17.8 Å². The number of nitrogens with one attached hydrogen (secondary N) is 1. The summed E-state index contributed by atoms with van der Waals surface area (Å²) in [6.45, 7) is 1.76. The molecule has 0 fully saturated rings. The van der Waals surface area contributed by atoms with Crippen molar-refractivity contribution in [2.75, 3.05) is 7.11 Å². The van der Waals surface area contributed by atoms with Gasteiger partial charge in [-0.2, -0.15) is 13.2 Å². The molecule has 2 heterocycles. The summed E-state index contributed by atoms with van der Waals surface area (Å²) < 4.78 is 50.9. The number of carbonyl (C=O) groups is 1. The van der Waals surface area contributed by atoms with Crippen molar-refractivity contribution in [1.29, 1.82) is 0 Å². The van der Waals surface area contributed by atoms with Crippen LogP contribution in [0.4, 0.5) is 13.2 Å². The molecule has 0 saturated heterocycles. The molecule has 0 bridgehead atoms. The first kappa shape index (κ1) is 25.2. The summed E-state index contributed by atoms with van der Waals surface area (Å²) in [6.07, 6.45) is -4.63. The highest BCUT2D eigenvalue weighted by Gasteiger charge is 2.33. The highest BCUT2D eigenvalue weighted by atomic mass is 19.4. The van der Waals surface area contributed by atoms with Crippen molar-refractivity contribution < 1.29 is 27.1 Å². The molecule has 0 spiro atoms. The molecule has 5 aromatic rings. The third-order valence-electron chi connectivity index (χ3n) is 6.30. The van der Waals surface area contributed by atoms with Crippen LogP contribution in [0, 0.1) is 0 Å². The largest absolute Gasteiger partial charge is 0.494 e. The molecule has 1 atom stereocenters. The monoisotopic (exact) mass is 520 g/mol. The lowest BCUT2D eigenvalue weighted by Crippen LogP contribution is -2.28. The molecule has 3 aromatic carbocycles. The van der Waals surface area contributed by atoms with Crippen molar-refractivity contribution in [2.45, 2.75) is 25.7 Å². The van der Waals surface area contributed by atoms with Crippen molar-refractivity contribution in [2.24, 2.45) is 5.73 Å². The van der Waals surface area contributed by atoms with E-state index in [1.54, 1.807) is 6.07 Å². The Labute approximate surface area is 215 Å². The zero-order chi connectivity index (χ0) is 27.0. The van der Waals surface area contributed by atoms with Gasteiger partial charge in [-0.05, 0) is 47.5 Å². The number of oxazole rings is 1. The van der Waals surface area contributed by atoms with Gasteiger partial charge in [-0.25, -0.2) is 9.97 Å². The van der Waals surface area contributed by atoms with Gasteiger partial charge in [0, 0.05) is 10.9 Å². The number of pyridine rings is 1. The average molecular weight is 521 g/mol. The fourth-order valence-corrected chi connectivity index (χ4v) is 4.45. The van der Waals surface area contributed by atoms with Crippen LogP contribution in [0.25, 0.3) is 33.1 Å². The summed E-state index contributed by atoms with van der Waals surface area (Å²) in [5.74, 6) is -0.160. The Kier molecular flexibility index (Phi) is 6.50. The Morgan fingerprint density at radius 3 is 2.53 bits per heavy atom. The van der Waals surface area contributed by atoms with E-state index in [0.29, 0.717) is 10.9 Å². The molecule has 2 aromatic heterocycles. The summed E-state index contributed by atoms with van der Waals surface area (Å²) >= 11 is 0. The lowest BCUT2D eigenvalue weighted by Gasteiger charge is -2.16. The molecule has 0 saturated carbocycles. The van der Waals surface area contributed by atoms with Crippen LogP contribution >= 0.6 is 0 Å². The summed E-state index contributed by atoms with van der Waals surface area (Å²) in [5, 5.41) is 5.33. The molecule has 10 heteroatoms. The molecule has 5 rings (SSSR count). The Morgan fingerprint density at radius 2 is 1.79 bits per heavy atom. The molecule has 1 amide bonds. The van der Waals surface area contributed by atoms with Crippen molar-refractivity contribution in [3.8, 4) is 17.2 Å². The van der Waals surface area contributed by atoms with Gasteiger partial charge in [0.15, 0.2) is 11.5 Å². The van der Waals surface area contributed by atoms with Gasteiger partial charge in [-0.1, -0.05) is 42.5 Å². The lowest BCUT2D eigenvalue weighted by atomic mass is 9.99. The number of alkyl halides is 3. The van der Waals surface area contributed by atoms with Crippen molar-refractivity contribution in [1.82, 2.24) is 15.3 Å². The first-order chi connectivity index (χ1) is 18.2. The molecule has 0 aliphatic carbocycles. The predicted molar refractivity (Wildman–Crippen MR) is 137 cm³/mol. The van der Waals surface area contributed by atoms with E-state index in [1.807, 2.05) is 49.4 Å². The number of methoxy groups -OCH3 is 1. The molecule has 38 heavy (non-hydrogen) atoms. The summed E-state index contributed by atoms with van der Waals surface area (Å²) in [7, 11) is 1.34. The quantitative estimate of drug-likeness (QED) is 0.284. The van der Waals surface area contributed by atoms with Gasteiger partial charge in [-0.3, -0.25) is 4.79 Å². The van der Waals surface area contributed by atoms with Gasteiger partial charge in [0.25, 0.3) is 5.91 Å². The number of aromatic nitrogens is 2. The average Bonchev–Trinajstić information content (AvgIpc) is 3.35. The first-order valence-electron chi connectivity index (χ1n) is 11.7. The zero-order valence-electron chi connectivity index (χ0n) is 20.5. The maximum atomic E-state index is 13.3. The van der Waals surface area contributed by atoms with E-state index in [0.717, 1.165) is 22.4 Å². The fourth-order valence-electron chi connectivity index (χ4n) is 4.45. The summed E-state index contributed by atoms with van der Waals surface area (Å²) in [5.41, 5.74) is 6.06. The number of nitrogens with two attached hydrogens (primary N) is 1. The van der Waals surface area contributed by atoms with E-state index >= 15 is 0 Å². The van der Waals surface area contributed by atoms with Gasteiger partial charge in [0.05, 0.1) is 19.7 Å². The maximum Gasteiger partial charge on any atom is 0.433 e. The van der Waals surface area contributed by atoms with Crippen LogP contribution in [-0.2, 0) is 12.7 Å². The van der Waals surface area contributed by atoms with Gasteiger partial charge in [0.1, 0.15) is 17.0 Å². The first-order valence-corrected chi connectivity index (χ1v) is 11.7. The number of amides is 1. The SMILES string of the molecule is COc1ccc(-c2nc(C(=O)N[C@@H](C)c3cccc4ccccc34)c(CN)o2)c2ccc(C(F)(F)F)nc12. The number of fused-ring (bicyclic) bond motifs is 2. The summed E-state index contributed by atoms with van der Waals surface area (Å²) in [6, 6.07) is 18.6. The fraction of sp³-hybridized carbons (Fsp3) is 0.179. The van der Waals surface area contributed by atoms with Crippen molar-refractivity contribution >= 4 is 27.6 Å². The minimum atomic E-state index is -4.63. The van der Waals surface area contributed by atoms with Crippen LogP contribution in [0.2, 0.25) is 0 Å². The Balaban J connectivity index is 1.52. The van der Waals surface area contributed by atoms with Gasteiger partial charge >= 0.3 is 6.18 Å². The molecule has 0 unspecified atom stereocenters. The smallest absolute Gasteiger partial charge is 0.433 e. The number of rotatable bonds is 6. The third-order valence-corrected chi connectivity index (χ3v) is 6.30. The van der Waals surface area contributed by atoms with E-state index in [-0.39, 0.29) is 41.2 Å². The normalized spacial score (nSPS) is 12.6. The minimum absolute atomic E-state index is 0.00146. The number of hydrogen-bond donors (Lipinski definition) is 2. The predicted octanol–water partition coefficient (Wildman–Crippen LogP) is 6.02. The highest BCUT2D eigenvalue weighted by molar-refractivity contribution is 5.98. The van der Waals surface area contributed by atoms with Crippen LogP contribution in [0.1, 0.15) is 40.5 Å². The number of hydrogen-bond acceptors (Lipinski definition) is 6. The van der Waals surface area contributed by atoms with E-state index in [2.05, 4.69) is 15.3 Å². The van der Waals surface area contributed by atoms with Crippen molar-refractivity contribution in [3.05, 3.63) is 89.4 Å². The molecule has 0 radical (unpaired) electrons. The Bertz CT molecular complexity index is 1660. The zero-order valence-corrected chi connectivity index (χ0v) is 20.5. The second kappa shape index (κ2) is 9.79.